The average Bonchev–Trinajstić information content (AvgIpc) is 3.02. The van der Waals surface area contributed by atoms with Crippen molar-refractivity contribution in [2.75, 3.05) is 9.80 Å². The van der Waals surface area contributed by atoms with E-state index < -0.39 is 34.3 Å². The van der Waals surface area contributed by atoms with Gasteiger partial charge in [-0.2, -0.15) is 26.3 Å². The number of hydrogen-bond acceptors (Lipinski definition) is 4. The zero-order valence-electron chi connectivity index (χ0n) is 42.6. The van der Waals surface area contributed by atoms with Gasteiger partial charge in [-0.15, -0.1) is 22.7 Å². The molecule has 0 saturated carbocycles. The lowest BCUT2D eigenvalue weighted by Crippen LogP contribution is -2.40. The highest BCUT2D eigenvalue weighted by Crippen LogP contribution is 2.64. The number of alkyl halides is 6. The van der Waals surface area contributed by atoms with Crippen molar-refractivity contribution in [1.29, 1.82) is 0 Å². The van der Waals surface area contributed by atoms with Crippen molar-refractivity contribution in [3.05, 3.63) is 262 Å². The van der Waals surface area contributed by atoms with Crippen LogP contribution in [0.4, 0.5) is 60.5 Å². The summed E-state index contributed by atoms with van der Waals surface area (Å²) in [5.41, 5.74) is 8.71. The van der Waals surface area contributed by atoms with Crippen LogP contribution in [0.15, 0.2) is 206 Å². The number of fused-ring (bicyclic) bond motifs is 15. The predicted molar refractivity (Wildman–Crippen MR) is 310 cm³/mol. The zero-order chi connectivity index (χ0) is 53.6. The topological polar surface area (TPSA) is 6.48 Å². The quantitative estimate of drug-likeness (QED) is 0.153. The fraction of sp³-hybridized carbons (Fsp3) is 0.118. The monoisotopic (exact) mass is 1070 g/mol. The maximum atomic E-state index is 15.6. The molecule has 2 aromatic heterocycles. The maximum Gasteiger partial charge on any atom is 0.418 e. The minimum Gasteiger partial charge on any atom is -0.308 e. The molecule has 2 heterocycles. The van der Waals surface area contributed by atoms with Crippen molar-refractivity contribution >= 4 is 97.1 Å². The predicted octanol–water partition coefficient (Wildman–Crippen LogP) is 21.0. The Labute approximate surface area is 454 Å². The van der Waals surface area contributed by atoms with Gasteiger partial charge in [0.05, 0.1) is 48.7 Å². The lowest BCUT2D eigenvalue weighted by Gasteiger charge is -2.47. The van der Waals surface area contributed by atoms with Crippen LogP contribution in [-0.2, 0) is 23.2 Å². The molecule has 1 spiro atoms. The van der Waals surface area contributed by atoms with Crippen LogP contribution in [0.3, 0.4) is 0 Å². The van der Waals surface area contributed by atoms with E-state index in [9.17, 15) is 0 Å². The number of nitrogens with zero attached hydrogens (tertiary/aromatic N) is 2. The second kappa shape index (κ2) is 17.2. The highest BCUT2D eigenvalue weighted by molar-refractivity contribution is 7.27. The van der Waals surface area contributed by atoms with Gasteiger partial charge in [-0.1, -0.05) is 159 Å². The van der Waals surface area contributed by atoms with Gasteiger partial charge in [-0.25, -0.2) is 0 Å². The van der Waals surface area contributed by atoms with Crippen molar-refractivity contribution in [1.82, 2.24) is 0 Å². The molecule has 10 aromatic carbocycles. The first-order valence-corrected chi connectivity index (χ1v) is 27.4. The smallest absolute Gasteiger partial charge is 0.308 e. The van der Waals surface area contributed by atoms with E-state index in [2.05, 4.69) is 88.4 Å². The van der Waals surface area contributed by atoms with Crippen molar-refractivity contribution in [2.45, 2.75) is 50.9 Å². The molecule has 0 unspecified atom stereocenters. The third-order valence-corrected chi connectivity index (χ3v) is 19.2. The van der Waals surface area contributed by atoms with Gasteiger partial charge in [0.2, 0.25) is 0 Å². The molecular formula is C68H46F6N2S2. The Morgan fingerprint density at radius 3 is 1.10 bits per heavy atom. The summed E-state index contributed by atoms with van der Waals surface area (Å²) < 4.78 is 97.2. The highest BCUT2D eigenvalue weighted by atomic mass is 32.1. The second-order valence-electron chi connectivity index (χ2n) is 21.0. The third-order valence-electron chi connectivity index (χ3n) is 16.4. The van der Waals surface area contributed by atoms with Gasteiger partial charge in [0, 0.05) is 47.7 Å². The fourth-order valence-corrected chi connectivity index (χ4v) is 15.6. The molecule has 0 bridgehead atoms. The second-order valence-corrected chi connectivity index (χ2v) is 23.1. The fourth-order valence-electron chi connectivity index (χ4n) is 13.0. The normalized spacial score (nSPS) is 14.2. The van der Waals surface area contributed by atoms with Crippen molar-refractivity contribution in [2.24, 2.45) is 0 Å². The molecule has 12 aromatic rings. The lowest BCUT2D eigenvalue weighted by atomic mass is 9.55. The highest BCUT2D eigenvalue weighted by Gasteiger charge is 2.54. The average molecular weight is 1070 g/mol. The summed E-state index contributed by atoms with van der Waals surface area (Å²) in [4.78, 5) is 3.54. The van der Waals surface area contributed by atoms with Crippen LogP contribution in [0, 0.1) is 13.8 Å². The molecule has 0 saturated heterocycles. The molecule has 78 heavy (non-hydrogen) atoms. The van der Waals surface area contributed by atoms with E-state index in [1.807, 2.05) is 97.1 Å². The zero-order valence-corrected chi connectivity index (χ0v) is 44.2. The molecule has 0 N–H and O–H groups in total. The Hall–Kier alpha value is -8.18. The molecule has 0 fully saturated rings. The van der Waals surface area contributed by atoms with Crippen molar-refractivity contribution in [3.8, 4) is 11.1 Å². The minimum atomic E-state index is -4.70. The number of rotatable bonds is 6. The van der Waals surface area contributed by atoms with Gasteiger partial charge < -0.3 is 9.80 Å². The summed E-state index contributed by atoms with van der Waals surface area (Å²) in [5.74, 6) is 0. The van der Waals surface area contributed by atoms with Gasteiger partial charge in [0.1, 0.15) is 0 Å². The largest absolute Gasteiger partial charge is 0.418 e. The van der Waals surface area contributed by atoms with Crippen LogP contribution in [-0.4, -0.2) is 0 Å². The number of thiophene rings is 2. The first kappa shape index (κ1) is 48.2. The van der Waals surface area contributed by atoms with Gasteiger partial charge >= 0.3 is 12.4 Å². The molecule has 0 radical (unpaired) electrons. The number of halogens is 6. The van der Waals surface area contributed by atoms with Gasteiger partial charge in [0.25, 0.3) is 0 Å². The van der Waals surface area contributed by atoms with Gasteiger partial charge in [0.15, 0.2) is 0 Å². The first-order chi connectivity index (χ1) is 37.6. The summed E-state index contributed by atoms with van der Waals surface area (Å²) in [6, 6.07) is 64.3. The Kier molecular flexibility index (Phi) is 10.6. The van der Waals surface area contributed by atoms with E-state index in [4.69, 9.17) is 0 Å². The van der Waals surface area contributed by atoms with Gasteiger partial charge in [-0.05, 0) is 130 Å². The standard InChI is InChI=1S/C68H46F6N2S2/c1-39-17-13-19-45-47-21-15-31-59(63(47)77-61(39)45)75(57-29-11-9-27-53(57)67(69,70)71)41-33-35-43-44-36-34-42(38-56(44)66(55(43)37-41)51-25-7-5-23-49(51)65(3,4)50-24-6-8-26-52(50)66)76(58-30-12-10-28-54(58)68(72,73)74)60-32-16-22-48-46-20-14-18-40(2)62(46)78-64(48)60/h5-38H,1-4H3. The number of para-hydroxylation sites is 2. The molecule has 2 nitrogen and oxygen atoms in total. The molecule has 14 rings (SSSR count). The van der Waals surface area contributed by atoms with Crippen LogP contribution in [0.25, 0.3) is 51.5 Å². The number of benzene rings is 10. The number of aryl methyl sites for hydroxylation is 2. The molecule has 2 aliphatic rings. The van der Waals surface area contributed by atoms with Crippen molar-refractivity contribution < 1.29 is 26.3 Å². The summed E-state index contributed by atoms with van der Waals surface area (Å²) in [6.45, 7) is 8.54. The number of hydrogen-bond donors (Lipinski definition) is 0. The maximum absolute atomic E-state index is 15.6. The van der Waals surface area contributed by atoms with E-state index in [0.29, 0.717) is 22.7 Å². The summed E-state index contributed by atoms with van der Waals surface area (Å²) in [5, 5.41) is 3.95. The van der Waals surface area contributed by atoms with Crippen molar-refractivity contribution in [3.63, 3.8) is 0 Å². The van der Waals surface area contributed by atoms with Crippen LogP contribution >= 0.6 is 22.7 Å². The van der Waals surface area contributed by atoms with E-state index in [0.717, 1.165) is 108 Å². The summed E-state index contributed by atoms with van der Waals surface area (Å²) in [6.07, 6.45) is -9.40. The summed E-state index contributed by atoms with van der Waals surface area (Å²) >= 11 is 3.14. The van der Waals surface area contributed by atoms with E-state index in [-0.39, 0.29) is 11.4 Å². The molecule has 382 valence electrons. The molecule has 10 heteroatoms. The Balaban J connectivity index is 1.09. The van der Waals surface area contributed by atoms with Crippen LogP contribution < -0.4 is 9.80 Å². The molecule has 0 aliphatic heterocycles. The third kappa shape index (κ3) is 6.88. The Morgan fingerprint density at radius 1 is 0.346 bits per heavy atom. The molecule has 0 atom stereocenters. The Morgan fingerprint density at radius 2 is 0.692 bits per heavy atom. The van der Waals surface area contributed by atoms with Gasteiger partial charge in [-0.3, -0.25) is 0 Å². The molecule has 2 aliphatic carbocycles. The summed E-state index contributed by atoms with van der Waals surface area (Å²) in [7, 11) is 0. The molecular weight excluding hydrogens is 1020 g/mol. The van der Waals surface area contributed by atoms with E-state index in [1.54, 1.807) is 56.7 Å². The molecule has 0 amide bonds. The lowest BCUT2D eigenvalue weighted by molar-refractivity contribution is -0.137. The van der Waals surface area contributed by atoms with Crippen LogP contribution in [0.2, 0.25) is 0 Å². The first-order valence-electron chi connectivity index (χ1n) is 25.8. The SMILES string of the molecule is Cc1cccc2c1sc1c(N(c3ccc4c(c3)C3(c5cc(N(c6ccccc6C(F)(F)F)c6cccc7c6sc6c(C)cccc67)ccc5-4)c4ccccc4C(C)(C)c4ccccc43)c3ccccc3C(F)(F)F)cccc12. The number of anilines is 6. The van der Waals surface area contributed by atoms with E-state index in [1.165, 1.54) is 12.1 Å². The van der Waals surface area contributed by atoms with Crippen LogP contribution in [0.1, 0.15) is 69.5 Å². The van der Waals surface area contributed by atoms with Crippen LogP contribution in [0.5, 0.6) is 0 Å². The Bertz CT molecular complexity index is 4180. The minimum absolute atomic E-state index is 0.0198. The van der Waals surface area contributed by atoms with E-state index >= 15 is 26.3 Å².